The van der Waals surface area contributed by atoms with Gasteiger partial charge in [-0.25, -0.2) is 0 Å². The number of hydrogen-bond acceptors (Lipinski definition) is 5. The molecule has 0 radical (unpaired) electrons. The normalized spacial score (nSPS) is 12.0. The van der Waals surface area contributed by atoms with Crippen LogP contribution >= 0.6 is 0 Å². The van der Waals surface area contributed by atoms with E-state index in [0.29, 0.717) is 18.1 Å². The van der Waals surface area contributed by atoms with Gasteiger partial charge in [-0.05, 0) is 50.1 Å². The largest absolute Gasteiger partial charge is 0.493 e. The number of amides is 1. The van der Waals surface area contributed by atoms with Gasteiger partial charge >= 0.3 is 0 Å². The van der Waals surface area contributed by atoms with Crippen molar-refractivity contribution in [1.82, 2.24) is 10.5 Å². The number of methoxy groups -OCH3 is 1. The van der Waals surface area contributed by atoms with Crippen LogP contribution in [0.2, 0.25) is 0 Å². The van der Waals surface area contributed by atoms with Gasteiger partial charge in [-0.2, -0.15) is 0 Å². The lowest BCUT2D eigenvalue weighted by Gasteiger charge is -2.13. The first-order valence-corrected chi connectivity index (χ1v) is 9.74. The summed E-state index contributed by atoms with van der Waals surface area (Å²) in [6.45, 7) is 6.03. The molecule has 0 saturated carbocycles. The van der Waals surface area contributed by atoms with E-state index in [0.717, 1.165) is 28.1 Å². The van der Waals surface area contributed by atoms with E-state index in [2.05, 4.69) is 10.5 Å². The van der Waals surface area contributed by atoms with Crippen molar-refractivity contribution in [2.24, 2.45) is 0 Å². The van der Waals surface area contributed by atoms with Crippen LogP contribution in [0.1, 0.15) is 41.1 Å². The third kappa shape index (κ3) is 5.29. The molecule has 156 valence electrons. The van der Waals surface area contributed by atoms with Crippen molar-refractivity contribution < 1.29 is 18.8 Å². The molecule has 2 aromatic carbocycles. The lowest BCUT2D eigenvalue weighted by atomic mass is 10.1. The van der Waals surface area contributed by atoms with Crippen molar-refractivity contribution in [3.8, 4) is 11.5 Å². The molecule has 1 atom stereocenters. The van der Waals surface area contributed by atoms with Gasteiger partial charge in [-0.15, -0.1) is 0 Å². The molecule has 1 heterocycles. The zero-order valence-electron chi connectivity index (χ0n) is 17.6. The van der Waals surface area contributed by atoms with E-state index in [1.807, 2.05) is 69.3 Å². The van der Waals surface area contributed by atoms with Crippen LogP contribution in [0.5, 0.6) is 11.5 Å². The Morgan fingerprint density at radius 1 is 1.17 bits per heavy atom. The van der Waals surface area contributed by atoms with E-state index < -0.39 is 0 Å². The minimum absolute atomic E-state index is 0.0713. The van der Waals surface area contributed by atoms with E-state index in [1.54, 1.807) is 13.2 Å². The first-order chi connectivity index (χ1) is 14.5. The molecule has 1 unspecified atom stereocenters. The lowest BCUT2D eigenvalue weighted by molar-refractivity contribution is -0.117. The number of carbonyl (C=O) groups is 1. The molecule has 0 bridgehead atoms. The minimum Gasteiger partial charge on any atom is -0.493 e. The van der Waals surface area contributed by atoms with Crippen LogP contribution in [-0.2, 0) is 11.4 Å². The molecule has 6 heteroatoms. The zero-order valence-corrected chi connectivity index (χ0v) is 17.6. The van der Waals surface area contributed by atoms with E-state index >= 15 is 0 Å². The summed E-state index contributed by atoms with van der Waals surface area (Å²) in [5.74, 6) is 1.77. The summed E-state index contributed by atoms with van der Waals surface area (Å²) in [7, 11) is 1.58. The second-order valence-electron chi connectivity index (χ2n) is 6.98. The molecule has 0 aliphatic carbocycles. The van der Waals surface area contributed by atoms with E-state index in [9.17, 15) is 4.79 Å². The summed E-state index contributed by atoms with van der Waals surface area (Å²) in [5, 5.41) is 6.89. The van der Waals surface area contributed by atoms with Crippen molar-refractivity contribution in [3.63, 3.8) is 0 Å². The zero-order chi connectivity index (χ0) is 21.5. The van der Waals surface area contributed by atoms with Crippen LogP contribution in [0.4, 0.5) is 0 Å². The molecule has 0 spiro atoms. The van der Waals surface area contributed by atoms with E-state index in [-0.39, 0.29) is 11.9 Å². The van der Waals surface area contributed by atoms with Crippen molar-refractivity contribution in [3.05, 3.63) is 82.8 Å². The molecule has 1 N–H and O–H groups in total. The molecule has 1 amide bonds. The standard InChI is InChI=1S/C24H26N2O4/c1-16(20-8-6-5-7-9-20)25-24(27)13-11-19-10-12-22(23(14-19)28-4)29-15-21-17(2)26-30-18(21)3/h5-14,16H,15H2,1-4H3,(H,25,27)/b13-11+. The van der Waals surface area contributed by atoms with Crippen molar-refractivity contribution in [2.45, 2.75) is 33.4 Å². The maximum Gasteiger partial charge on any atom is 0.244 e. The fraction of sp³-hybridized carbons (Fsp3) is 0.250. The Bertz CT molecular complexity index is 1010. The van der Waals surface area contributed by atoms with Gasteiger partial charge in [0.25, 0.3) is 0 Å². The predicted molar refractivity (Wildman–Crippen MR) is 115 cm³/mol. The highest BCUT2D eigenvalue weighted by molar-refractivity contribution is 5.92. The van der Waals surface area contributed by atoms with Gasteiger partial charge in [0, 0.05) is 6.08 Å². The molecule has 0 fully saturated rings. The molecular formula is C24H26N2O4. The molecule has 0 saturated heterocycles. The molecule has 0 aliphatic heterocycles. The van der Waals surface area contributed by atoms with Gasteiger partial charge in [0.1, 0.15) is 12.4 Å². The Labute approximate surface area is 176 Å². The molecular weight excluding hydrogens is 380 g/mol. The van der Waals surface area contributed by atoms with Gasteiger partial charge in [0.2, 0.25) is 5.91 Å². The van der Waals surface area contributed by atoms with Crippen molar-refractivity contribution in [2.75, 3.05) is 7.11 Å². The fourth-order valence-electron chi connectivity index (χ4n) is 3.02. The summed E-state index contributed by atoms with van der Waals surface area (Å²) in [5.41, 5.74) is 3.62. The fourth-order valence-corrected chi connectivity index (χ4v) is 3.02. The maximum absolute atomic E-state index is 12.3. The number of aryl methyl sites for hydroxylation is 2. The first kappa shape index (κ1) is 21.2. The molecule has 6 nitrogen and oxygen atoms in total. The first-order valence-electron chi connectivity index (χ1n) is 9.74. The average Bonchev–Trinajstić information content (AvgIpc) is 3.08. The number of hydrogen-bond donors (Lipinski definition) is 1. The SMILES string of the molecule is COc1cc(/C=C/C(=O)NC(C)c2ccccc2)ccc1OCc1c(C)noc1C. The van der Waals surface area contributed by atoms with Crippen LogP contribution in [-0.4, -0.2) is 18.2 Å². The number of benzene rings is 2. The number of ether oxygens (including phenoxy) is 2. The van der Waals surface area contributed by atoms with Crippen LogP contribution < -0.4 is 14.8 Å². The second-order valence-corrected chi connectivity index (χ2v) is 6.98. The van der Waals surface area contributed by atoms with Gasteiger partial charge in [0.15, 0.2) is 11.5 Å². The summed E-state index contributed by atoms with van der Waals surface area (Å²) in [6, 6.07) is 15.3. The van der Waals surface area contributed by atoms with Gasteiger partial charge in [-0.3, -0.25) is 4.79 Å². The van der Waals surface area contributed by atoms with Crippen molar-refractivity contribution in [1.29, 1.82) is 0 Å². The quantitative estimate of drug-likeness (QED) is 0.546. The van der Waals surface area contributed by atoms with E-state index in [1.165, 1.54) is 6.08 Å². The van der Waals surface area contributed by atoms with Crippen LogP contribution in [0.25, 0.3) is 6.08 Å². The highest BCUT2D eigenvalue weighted by atomic mass is 16.5. The molecule has 3 rings (SSSR count). The monoisotopic (exact) mass is 406 g/mol. The Kier molecular flexibility index (Phi) is 6.91. The summed E-state index contributed by atoms with van der Waals surface area (Å²) in [4.78, 5) is 12.3. The lowest BCUT2D eigenvalue weighted by Crippen LogP contribution is -2.24. The molecule has 0 aliphatic rings. The topological polar surface area (TPSA) is 73.6 Å². The summed E-state index contributed by atoms with van der Waals surface area (Å²) in [6.07, 6.45) is 3.26. The molecule has 30 heavy (non-hydrogen) atoms. The van der Waals surface area contributed by atoms with Crippen LogP contribution in [0.15, 0.2) is 59.1 Å². The number of carbonyl (C=O) groups excluding carboxylic acids is 1. The van der Waals surface area contributed by atoms with Gasteiger partial charge in [-0.1, -0.05) is 41.6 Å². The Morgan fingerprint density at radius 2 is 1.93 bits per heavy atom. The molecule has 1 aromatic heterocycles. The van der Waals surface area contributed by atoms with Gasteiger partial charge < -0.3 is 19.3 Å². The smallest absolute Gasteiger partial charge is 0.244 e. The Hall–Kier alpha value is -3.54. The highest BCUT2D eigenvalue weighted by Gasteiger charge is 2.12. The predicted octanol–water partition coefficient (Wildman–Crippen LogP) is 4.77. The minimum atomic E-state index is -0.163. The number of rotatable bonds is 8. The van der Waals surface area contributed by atoms with Gasteiger partial charge in [0.05, 0.1) is 24.4 Å². The van der Waals surface area contributed by atoms with E-state index in [4.69, 9.17) is 14.0 Å². The average molecular weight is 406 g/mol. The number of aromatic nitrogens is 1. The van der Waals surface area contributed by atoms with Crippen LogP contribution in [0, 0.1) is 13.8 Å². The summed E-state index contributed by atoms with van der Waals surface area (Å²) < 4.78 is 16.5. The second kappa shape index (κ2) is 9.78. The highest BCUT2D eigenvalue weighted by Crippen LogP contribution is 2.30. The number of nitrogens with zero attached hydrogens (tertiary/aromatic N) is 1. The maximum atomic E-state index is 12.3. The Morgan fingerprint density at radius 3 is 2.60 bits per heavy atom. The molecule has 3 aromatic rings. The van der Waals surface area contributed by atoms with Crippen LogP contribution in [0.3, 0.4) is 0 Å². The number of nitrogens with one attached hydrogen (secondary N) is 1. The third-order valence-electron chi connectivity index (χ3n) is 4.83. The Balaban J connectivity index is 1.63. The summed E-state index contributed by atoms with van der Waals surface area (Å²) >= 11 is 0. The third-order valence-corrected chi connectivity index (χ3v) is 4.83. The van der Waals surface area contributed by atoms with Crippen molar-refractivity contribution >= 4 is 12.0 Å².